The molecule has 20 heavy (non-hydrogen) atoms. The number of nitrogens with zero attached hydrogens (tertiary/aromatic N) is 1. The van der Waals surface area contributed by atoms with Gasteiger partial charge < -0.3 is 5.73 Å². The Morgan fingerprint density at radius 2 is 2.10 bits per heavy atom. The molecule has 0 aliphatic carbocycles. The van der Waals surface area contributed by atoms with Crippen molar-refractivity contribution in [2.75, 3.05) is 13.1 Å². The lowest BCUT2D eigenvalue weighted by Gasteiger charge is -2.38. The second kappa shape index (κ2) is 6.93. The van der Waals surface area contributed by atoms with E-state index in [9.17, 15) is 0 Å². The third-order valence-corrected chi connectivity index (χ3v) is 4.80. The third kappa shape index (κ3) is 3.36. The van der Waals surface area contributed by atoms with Crippen LogP contribution in [0.3, 0.4) is 0 Å². The van der Waals surface area contributed by atoms with Crippen LogP contribution in [0.25, 0.3) is 0 Å². The Balaban J connectivity index is 2.43. The molecule has 1 aliphatic heterocycles. The molecule has 2 rings (SSSR count). The summed E-state index contributed by atoms with van der Waals surface area (Å²) in [4.78, 5) is 2.63. The van der Waals surface area contributed by atoms with Gasteiger partial charge >= 0.3 is 0 Å². The molecule has 1 aliphatic rings. The Labute approximate surface area is 128 Å². The van der Waals surface area contributed by atoms with Crippen LogP contribution in [0.2, 0.25) is 5.02 Å². The molecule has 0 radical (unpaired) electrons. The second-order valence-corrected chi connectivity index (χ2v) is 6.71. The molecule has 2 nitrogen and oxygen atoms in total. The molecule has 1 heterocycles. The van der Waals surface area contributed by atoms with Crippen molar-refractivity contribution in [2.24, 2.45) is 11.7 Å². The zero-order valence-corrected chi connectivity index (χ0v) is 13.7. The summed E-state index contributed by atoms with van der Waals surface area (Å²) in [5.74, 6) is 0.541. The summed E-state index contributed by atoms with van der Waals surface area (Å²) in [5, 5.41) is 0.820. The highest BCUT2D eigenvalue weighted by atomic mass is 35.5. The van der Waals surface area contributed by atoms with E-state index in [4.69, 9.17) is 17.3 Å². The van der Waals surface area contributed by atoms with Crippen molar-refractivity contribution >= 4 is 11.6 Å². The fourth-order valence-corrected chi connectivity index (χ4v) is 3.73. The molecule has 2 atom stereocenters. The SMILES string of the molecule is Cc1cc(Cl)ccc1C1C(CN)CCCCN1C(C)C. The van der Waals surface area contributed by atoms with Crippen molar-refractivity contribution in [2.45, 2.75) is 52.1 Å². The number of benzene rings is 1. The average molecular weight is 295 g/mol. The Morgan fingerprint density at radius 3 is 2.70 bits per heavy atom. The first kappa shape index (κ1) is 15.8. The Kier molecular flexibility index (Phi) is 5.48. The van der Waals surface area contributed by atoms with Crippen LogP contribution >= 0.6 is 11.6 Å². The van der Waals surface area contributed by atoms with Gasteiger partial charge in [0, 0.05) is 17.1 Å². The van der Waals surface area contributed by atoms with Crippen LogP contribution in [-0.2, 0) is 0 Å². The minimum atomic E-state index is 0.430. The van der Waals surface area contributed by atoms with Gasteiger partial charge in [-0.2, -0.15) is 0 Å². The zero-order chi connectivity index (χ0) is 14.7. The number of aryl methyl sites for hydroxylation is 1. The molecule has 0 amide bonds. The van der Waals surface area contributed by atoms with Crippen LogP contribution in [0.1, 0.15) is 50.3 Å². The van der Waals surface area contributed by atoms with Crippen molar-refractivity contribution in [1.82, 2.24) is 4.90 Å². The summed E-state index contributed by atoms with van der Waals surface area (Å²) in [6, 6.07) is 7.27. The maximum atomic E-state index is 6.12. The van der Waals surface area contributed by atoms with Crippen LogP contribution in [0, 0.1) is 12.8 Å². The summed E-state index contributed by atoms with van der Waals surface area (Å²) in [6.45, 7) is 8.67. The van der Waals surface area contributed by atoms with Crippen molar-refractivity contribution < 1.29 is 0 Å². The maximum Gasteiger partial charge on any atom is 0.0408 e. The van der Waals surface area contributed by atoms with E-state index in [1.54, 1.807) is 0 Å². The lowest BCUT2D eigenvalue weighted by Crippen LogP contribution is -2.40. The number of nitrogens with two attached hydrogens (primary N) is 1. The van der Waals surface area contributed by atoms with Gasteiger partial charge in [0.2, 0.25) is 0 Å². The highest BCUT2D eigenvalue weighted by molar-refractivity contribution is 6.30. The number of hydrogen-bond acceptors (Lipinski definition) is 2. The van der Waals surface area contributed by atoms with Crippen molar-refractivity contribution in [3.05, 3.63) is 34.3 Å². The van der Waals surface area contributed by atoms with E-state index in [1.807, 2.05) is 6.07 Å². The van der Waals surface area contributed by atoms with Crippen LogP contribution in [0.15, 0.2) is 18.2 Å². The molecule has 0 bridgehead atoms. The van der Waals surface area contributed by atoms with Gasteiger partial charge in [0.15, 0.2) is 0 Å². The van der Waals surface area contributed by atoms with Gasteiger partial charge in [0.25, 0.3) is 0 Å². The van der Waals surface area contributed by atoms with E-state index in [-0.39, 0.29) is 0 Å². The molecule has 0 aromatic heterocycles. The number of rotatable bonds is 3. The van der Waals surface area contributed by atoms with Crippen LogP contribution in [0.5, 0.6) is 0 Å². The smallest absolute Gasteiger partial charge is 0.0408 e. The van der Waals surface area contributed by atoms with Crippen LogP contribution in [-0.4, -0.2) is 24.0 Å². The third-order valence-electron chi connectivity index (χ3n) is 4.56. The van der Waals surface area contributed by atoms with E-state index in [1.165, 1.54) is 36.9 Å². The van der Waals surface area contributed by atoms with Gasteiger partial charge in [-0.1, -0.05) is 24.1 Å². The van der Waals surface area contributed by atoms with Crippen LogP contribution in [0.4, 0.5) is 0 Å². The summed E-state index contributed by atoms with van der Waals surface area (Å²) >= 11 is 6.12. The topological polar surface area (TPSA) is 29.3 Å². The van der Waals surface area contributed by atoms with Crippen molar-refractivity contribution in [3.63, 3.8) is 0 Å². The van der Waals surface area contributed by atoms with Gasteiger partial charge in [-0.3, -0.25) is 4.90 Å². The minimum absolute atomic E-state index is 0.430. The van der Waals surface area contributed by atoms with E-state index in [2.05, 4.69) is 37.8 Å². The summed E-state index contributed by atoms with van der Waals surface area (Å²) in [6.07, 6.45) is 3.79. The molecule has 3 heteroatoms. The fraction of sp³-hybridized carbons (Fsp3) is 0.647. The molecule has 2 unspecified atom stereocenters. The van der Waals surface area contributed by atoms with Gasteiger partial charge in [-0.25, -0.2) is 0 Å². The summed E-state index contributed by atoms with van der Waals surface area (Å²) < 4.78 is 0. The van der Waals surface area contributed by atoms with E-state index in [0.717, 1.165) is 11.6 Å². The fourth-order valence-electron chi connectivity index (χ4n) is 3.50. The highest BCUT2D eigenvalue weighted by Crippen LogP contribution is 2.37. The quantitative estimate of drug-likeness (QED) is 0.907. The summed E-state index contributed by atoms with van der Waals surface area (Å²) in [5.41, 5.74) is 8.78. The number of likely N-dealkylation sites (tertiary alicyclic amines) is 1. The van der Waals surface area contributed by atoms with Gasteiger partial charge in [0.05, 0.1) is 0 Å². The van der Waals surface area contributed by atoms with Gasteiger partial charge in [-0.05, 0) is 75.9 Å². The standard InChI is InChI=1S/C17H27ClN2/c1-12(2)20-9-5-4-6-14(11-19)17(20)16-8-7-15(18)10-13(16)3/h7-8,10,12,14,17H,4-6,9,11,19H2,1-3H3. The Hall–Kier alpha value is -0.570. The van der Waals surface area contributed by atoms with E-state index < -0.39 is 0 Å². The monoisotopic (exact) mass is 294 g/mol. The van der Waals surface area contributed by atoms with E-state index >= 15 is 0 Å². The largest absolute Gasteiger partial charge is 0.330 e. The molecular weight excluding hydrogens is 268 g/mol. The van der Waals surface area contributed by atoms with Crippen molar-refractivity contribution in [3.8, 4) is 0 Å². The Morgan fingerprint density at radius 1 is 1.35 bits per heavy atom. The summed E-state index contributed by atoms with van der Waals surface area (Å²) in [7, 11) is 0. The molecule has 1 fully saturated rings. The molecule has 2 N–H and O–H groups in total. The molecule has 1 saturated heterocycles. The molecule has 112 valence electrons. The second-order valence-electron chi connectivity index (χ2n) is 6.27. The zero-order valence-electron chi connectivity index (χ0n) is 12.9. The lowest BCUT2D eigenvalue weighted by molar-refractivity contribution is 0.121. The molecule has 0 saturated carbocycles. The molecule has 1 aromatic carbocycles. The minimum Gasteiger partial charge on any atom is -0.330 e. The van der Waals surface area contributed by atoms with Crippen molar-refractivity contribution in [1.29, 1.82) is 0 Å². The number of hydrogen-bond donors (Lipinski definition) is 1. The molecule has 1 aromatic rings. The van der Waals surface area contributed by atoms with Gasteiger partial charge in [-0.15, -0.1) is 0 Å². The predicted molar refractivity (Wildman–Crippen MR) is 87.2 cm³/mol. The number of halogens is 1. The predicted octanol–water partition coefficient (Wildman–Crippen LogP) is 4.16. The molecule has 0 spiro atoms. The molecular formula is C17H27ClN2. The first-order valence-electron chi connectivity index (χ1n) is 7.76. The normalized spacial score (nSPS) is 24.9. The first-order valence-corrected chi connectivity index (χ1v) is 8.14. The van der Waals surface area contributed by atoms with E-state index in [0.29, 0.717) is 18.0 Å². The maximum absolute atomic E-state index is 6.12. The highest BCUT2D eigenvalue weighted by Gasteiger charge is 2.32. The lowest BCUT2D eigenvalue weighted by atomic mass is 9.86. The first-order chi connectivity index (χ1) is 9.54. The van der Waals surface area contributed by atoms with Crippen LogP contribution < -0.4 is 5.73 Å². The Bertz CT molecular complexity index is 445. The van der Waals surface area contributed by atoms with Gasteiger partial charge in [0.1, 0.15) is 0 Å². The average Bonchev–Trinajstić information content (AvgIpc) is 2.61.